The van der Waals surface area contributed by atoms with E-state index in [9.17, 15) is 0 Å². The van der Waals surface area contributed by atoms with Crippen molar-refractivity contribution >= 4 is 13.8 Å². The summed E-state index contributed by atoms with van der Waals surface area (Å²) in [6.45, 7) is 37.5. The topological polar surface area (TPSA) is 3.24 Å². The number of hydrogen-bond acceptors (Lipinski definition) is 1. The predicted octanol–water partition coefficient (Wildman–Crippen LogP) is 18.2. The Labute approximate surface area is 410 Å². The van der Waals surface area contributed by atoms with Crippen LogP contribution in [0.4, 0.5) is 0 Å². The van der Waals surface area contributed by atoms with E-state index >= 15 is 0 Å². The first-order chi connectivity index (χ1) is 31.6. The number of allylic oxidation sites excluding steroid dienone is 4. The lowest BCUT2D eigenvalue weighted by molar-refractivity contribution is 0.138. The molecular weight excluding hydrogens is 823 g/mol. The van der Waals surface area contributed by atoms with Crippen molar-refractivity contribution in [3.05, 3.63) is 147 Å². The lowest BCUT2D eigenvalue weighted by atomic mass is 9.62. The Hall–Kier alpha value is -3.46. The molecule has 0 N–H and O–H groups in total. The van der Waals surface area contributed by atoms with Crippen molar-refractivity contribution in [1.29, 1.82) is 0 Å². The Morgan fingerprint density at radius 2 is 1.18 bits per heavy atom. The van der Waals surface area contributed by atoms with Gasteiger partial charge in [-0.15, -0.1) is 0 Å². The minimum Gasteiger partial charge on any atom is -0.316 e. The molecule has 2 heteroatoms. The van der Waals surface area contributed by atoms with Crippen LogP contribution in [-0.4, -0.2) is 24.4 Å². The van der Waals surface area contributed by atoms with Crippen LogP contribution in [0.3, 0.4) is 0 Å². The molecular formula is C65H89NSi. The second kappa shape index (κ2) is 17.4. The van der Waals surface area contributed by atoms with E-state index in [1.807, 2.05) is 5.57 Å². The van der Waals surface area contributed by atoms with Gasteiger partial charge in [0.25, 0.3) is 0 Å². The molecule has 5 aliphatic carbocycles. The first-order valence-electron chi connectivity index (χ1n) is 27.4. The molecule has 1 nitrogen and oxygen atoms in total. The highest BCUT2D eigenvalue weighted by Crippen LogP contribution is 2.67. The standard InChI is InChI=1S/C65H89NSi/c1-16-18-37-64(38-19-17-2)55-42-49(32-36-53(55)54-33-27-45-39-44(4)60(58(45)59(54)64)67(14,15)66(63(11,12)13)50-23-21-20-22-24-50)65(46-28-25-43(3)26-29-46)56-40-47(61(5,6)7)30-34-51(56)52-35-31-48(41-57(52)65)62(8,9)10/h25-36,40-42,44-45,50,58,60H,16-24,37-39H2,1-15H3. The highest BCUT2D eigenvalue weighted by Gasteiger charge is 2.60. The zero-order valence-corrected chi connectivity index (χ0v) is 46.0. The van der Waals surface area contributed by atoms with Gasteiger partial charge >= 0.3 is 0 Å². The van der Waals surface area contributed by atoms with Gasteiger partial charge in [0.15, 0.2) is 0 Å². The zero-order chi connectivity index (χ0) is 48.1. The molecule has 4 atom stereocenters. The van der Waals surface area contributed by atoms with Crippen LogP contribution in [0.25, 0.3) is 16.7 Å². The van der Waals surface area contributed by atoms with E-state index in [1.54, 1.807) is 16.7 Å². The molecule has 9 rings (SSSR count). The minimum absolute atomic E-state index is 0.0177. The molecule has 0 bridgehead atoms. The summed E-state index contributed by atoms with van der Waals surface area (Å²) in [5.41, 5.74) is 19.8. The first kappa shape index (κ1) is 48.6. The van der Waals surface area contributed by atoms with Crippen molar-refractivity contribution in [1.82, 2.24) is 4.57 Å². The van der Waals surface area contributed by atoms with E-state index in [0.717, 1.165) is 6.04 Å². The average Bonchev–Trinajstić information content (AvgIpc) is 3.87. The molecule has 0 saturated heterocycles. The molecule has 0 aromatic heterocycles. The van der Waals surface area contributed by atoms with Gasteiger partial charge in [-0.1, -0.05) is 217 Å². The molecule has 0 amide bonds. The summed E-state index contributed by atoms with van der Waals surface area (Å²) in [7, 11) is -2.03. The molecule has 67 heavy (non-hydrogen) atoms. The van der Waals surface area contributed by atoms with Gasteiger partial charge in [0.2, 0.25) is 0 Å². The van der Waals surface area contributed by atoms with Crippen molar-refractivity contribution in [3.63, 3.8) is 0 Å². The molecule has 4 unspecified atom stereocenters. The first-order valence-corrected chi connectivity index (χ1v) is 30.4. The quantitative estimate of drug-likeness (QED) is 0.119. The van der Waals surface area contributed by atoms with Crippen LogP contribution in [-0.2, 0) is 21.7 Å². The van der Waals surface area contributed by atoms with E-state index in [2.05, 4.69) is 199 Å². The summed E-state index contributed by atoms with van der Waals surface area (Å²) >= 11 is 0. The molecule has 4 aromatic carbocycles. The van der Waals surface area contributed by atoms with E-state index in [0.29, 0.717) is 23.3 Å². The Bertz CT molecular complexity index is 2460. The summed E-state index contributed by atoms with van der Waals surface area (Å²) in [5, 5.41) is 0. The molecule has 2 fully saturated rings. The number of unbranched alkanes of at least 4 members (excludes halogenated alkanes) is 2. The summed E-state index contributed by atoms with van der Waals surface area (Å²) in [4.78, 5) is 0. The van der Waals surface area contributed by atoms with Crippen LogP contribution in [0.5, 0.6) is 0 Å². The summed E-state index contributed by atoms with van der Waals surface area (Å²) < 4.78 is 3.22. The molecule has 0 spiro atoms. The third-order valence-electron chi connectivity index (χ3n) is 18.4. The number of aryl methyl sites for hydroxylation is 1. The molecule has 4 aromatic rings. The number of fused-ring (bicyclic) bond motifs is 7. The zero-order valence-electron chi connectivity index (χ0n) is 45.0. The molecule has 0 aliphatic heterocycles. The fourth-order valence-corrected chi connectivity index (χ4v) is 21.8. The average molecular weight is 913 g/mol. The van der Waals surface area contributed by atoms with Gasteiger partial charge in [0.1, 0.15) is 8.24 Å². The summed E-state index contributed by atoms with van der Waals surface area (Å²) in [6, 6.07) is 33.6. The van der Waals surface area contributed by atoms with E-state index < -0.39 is 13.7 Å². The minimum atomic E-state index is -2.03. The fraction of sp³-hybridized carbons (Fsp3) is 0.569. The van der Waals surface area contributed by atoms with E-state index in [1.165, 1.54) is 127 Å². The second-order valence-corrected chi connectivity index (χ2v) is 30.7. The van der Waals surface area contributed by atoms with Crippen molar-refractivity contribution < 1.29 is 0 Å². The molecule has 0 heterocycles. The van der Waals surface area contributed by atoms with Crippen LogP contribution in [0.1, 0.15) is 210 Å². The maximum atomic E-state index is 3.22. The largest absolute Gasteiger partial charge is 0.316 e. The molecule has 0 radical (unpaired) electrons. The van der Waals surface area contributed by atoms with Crippen molar-refractivity contribution in [2.45, 2.75) is 219 Å². The van der Waals surface area contributed by atoms with Gasteiger partial charge in [0, 0.05) is 17.0 Å². The van der Waals surface area contributed by atoms with Crippen LogP contribution in [0, 0.1) is 24.7 Å². The van der Waals surface area contributed by atoms with Gasteiger partial charge in [-0.25, -0.2) is 0 Å². The van der Waals surface area contributed by atoms with Crippen LogP contribution in [0.15, 0.2) is 96.6 Å². The van der Waals surface area contributed by atoms with Gasteiger partial charge in [0.05, 0.1) is 5.41 Å². The number of rotatable bonds is 11. The monoisotopic (exact) mass is 912 g/mol. The molecule has 5 aliphatic rings. The van der Waals surface area contributed by atoms with Gasteiger partial charge in [-0.3, -0.25) is 0 Å². The number of nitrogens with zero attached hydrogens (tertiary/aromatic N) is 1. The molecule has 358 valence electrons. The lowest BCUT2D eigenvalue weighted by Gasteiger charge is -2.56. The van der Waals surface area contributed by atoms with Crippen molar-refractivity contribution in [3.8, 4) is 11.1 Å². The third kappa shape index (κ3) is 7.88. The number of hydrogen-bond donors (Lipinski definition) is 0. The lowest BCUT2D eigenvalue weighted by Crippen LogP contribution is -2.65. The van der Waals surface area contributed by atoms with Crippen molar-refractivity contribution in [2.75, 3.05) is 0 Å². The Morgan fingerprint density at radius 1 is 0.642 bits per heavy atom. The number of benzene rings is 4. The van der Waals surface area contributed by atoms with Gasteiger partial charge < -0.3 is 4.57 Å². The second-order valence-electron chi connectivity index (χ2n) is 26.3. The van der Waals surface area contributed by atoms with E-state index in [4.69, 9.17) is 0 Å². The maximum Gasteiger partial charge on any atom is 0.127 e. The normalized spacial score (nSPS) is 23.3. The van der Waals surface area contributed by atoms with Gasteiger partial charge in [-0.2, -0.15) is 0 Å². The van der Waals surface area contributed by atoms with Crippen LogP contribution in [0.2, 0.25) is 18.6 Å². The fourth-order valence-electron chi connectivity index (χ4n) is 15.8. The Morgan fingerprint density at radius 3 is 1.70 bits per heavy atom. The predicted molar refractivity (Wildman–Crippen MR) is 293 cm³/mol. The third-order valence-corrected chi connectivity index (χ3v) is 23.2. The Balaban J connectivity index is 1.32. The highest BCUT2D eigenvalue weighted by atomic mass is 28.3. The summed E-state index contributed by atoms with van der Waals surface area (Å²) in [6.07, 6.45) is 21.2. The summed E-state index contributed by atoms with van der Waals surface area (Å²) in [5.74, 6) is 1.92. The SMILES string of the molecule is CCCCC1(CCCC)C2=C(C=CC3CC(C)C([Si](C)(C)N(C4CCCCC4)C(C)(C)C)C23)c2ccc(C3(c4ccc(C)cc4)c4cc(C(C)(C)C)ccc4-c4ccc(C(C)(C)C)cc43)cc21. The highest BCUT2D eigenvalue weighted by molar-refractivity contribution is 6.76. The van der Waals surface area contributed by atoms with E-state index in [-0.39, 0.29) is 21.8 Å². The van der Waals surface area contributed by atoms with Crippen molar-refractivity contribution in [2.24, 2.45) is 17.8 Å². The van der Waals surface area contributed by atoms with Crippen LogP contribution < -0.4 is 0 Å². The maximum absolute atomic E-state index is 3.22. The Kier molecular flexibility index (Phi) is 12.6. The molecule has 2 saturated carbocycles. The smallest absolute Gasteiger partial charge is 0.127 e. The van der Waals surface area contributed by atoms with Gasteiger partial charge in [-0.05, 0) is 161 Å². The van der Waals surface area contributed by atoms with Crippen LogP contribution >= 0.6 is 0 Å².